The van der Waals surface area contributed by atoms with E-state index in [9.17, 15) is 0 Å². The summed E-state index contributed by atoms with van der Waals surface area (Å²) in [6.07, 6.45) is 7.92. The Labute approximate surface area is 114 Å². The summed E-state index contributed by atoms with van der Waals surface area (Å²) in [6, 6.07) is 6.01. The molecule has 0 fully saturated rings. The Morgan fingerprint density at radius 3 is 3.00 bits per heavy atom. The van der Waals surface area contributed by atoms with Crippen LogP contribution in [0.1, 0.15) is 31.7 Å². The minimum Gasteiger partial charge on any atom is -0.485 e. The van der Waals surface area contributed by atoms with Crippen LogP contribution in [-0.4, -0.2) is 12.6 Å². The van der Waals surface area contributed by atoms with Crippen molar-refractivity contribution >= 4 is 11.6 Å². The van der Waals surface area contributed by atoms with Gasteiger partial charge in [-0.2, -0.15) is 0 Å². The molecular formula is C15H20ClNO. The average Bonchev–Trinajstić information content (AvgIpc) is 2.40. The Hall–Kier alpha value is -0.990. The van der Waals surface area contributed by atoms with Gasteiger partial charge in [-0.1, -0.05) is 30.7 Å². The van der Waals surface area contributed by atoms with Crippen LogP contribution in [0.4, 0.5) is 0 Å². The number of nitrogens with one attached hydrogen (secondary N) is 1. The van der Waals surface area contributed by atoms with Gasteiger partial charge in [0.1, 0.15) is 11.9 Å². The Balaban J connectivity index is 2.00. The van der Waals surface area contributed by atoms with Gasteiger partial charge in [-0.15, -0.1) is 0 Å². The summed E-state index contributed by atoms with van der Waals surface area (Å²) in [6.45, 7) is 3.90. The summed E-state index contributed by atoms with van der Waals surface area (Å²) >= 11 is 6.25. The molecule has 1 aliphatic rings. The smallest absolute Gasteiger partial charge is 0.138 e. The number of ether oxygens (including phenoxy) is 1. The van der Waals surface area contributed by atoms with E-state index >= 15 is 0 Å². The third-order valence-electron chi connectivity index (χ3n) is 3.06. The molecule has 1 N–H and O–H groups in total. The zero-order valence-electron chi connectivity index (χ0n) is 10.8. The predicted molar refractivity (Wildman–Crippen MR) is 76.2 cm³/mol. The minimum absolute atomic E-state index is 0.177. The third kappa shape index (κ3) is 3.76. The Morgan fingerprint density at radius 1 is 1.44 bits per heavy atom. The van der Waals surface area contributed by atoms with Crippen LogP contribution >= 0.6 is 11.6 Å². The largest absolute Gasteiger partial charge is 0.485 e. The molecule has 1 aromatic rings. The first-order chi connectivity index (χ1) is 8.79. The highest BCUT2D eigenvalue weighted by Crippen LogP contribution is 2.28. The van der Waals surface area contributed by atoms with E-state index in [1.807, 2.05) is 12.1 Å². The van der Waals surface area contributed by atoms with Gasteiger partial charge in [0.05, 0.1) is 5.02 Å². The zero-order chi connectivity index (χ0) is 12.8. The van der Waals surface area contributed by atoms with E-state index in [-0.39, 0.29) is 6.10 Å². The van der Waals surface area contributed by atoms with E-state index in [2.05, 4.69) is 30.5 Å². The van der Waals surface area contributed by atoms with Gasteiger partial charge in [0.2, 0.25) is 0 Å². The van der Waals surface area contributed by atoms with Crippen molar-refractivity contribution in [2.45, 2.75) is 38.8 Å². The fourth-order valence-electron chi connectivity index (χ4n) is 2.06. The molecule has 1 aromatic carbocycles. The van der Waals surface area contributed by atoms with Crippen LogP contribution in [0.15, 0.2) is 30.4 Å². The molecule has 18 heavy (non-hydrogen) atoms. The molecule has 2 nitrogen and oxygen atoms in total. The number of hydrogen-bond acceptors (Lipinski definition) is 2. The Morgan fingerprint density at radius 2 is 2.33 bits per heavy atom. The zero-order valence-corrected chi connectivity index (χ0v) is 11.5. The molecule has 0 amide bonds. The second-order valence-electron chi connectivity index (χ2n) is 4.56. The molecule has 0 heterocycles. The van der Waals surface area contributed by atoms with Gasteiger partial charge in [0, 0.05) is 6.54 Å². The summed E-state index contributed by atoms with van der Waals surface area (Å²) in [5, 5.41) is 3.98. The van der Waals surface area contributed by atoms with Gasteiger partial charge in [-0.3, -0.25) is 0 Å². The molecule has 1 atom stereocenters. The fraction of sp³-hybridized carbons (Fsp3) is 0.467. The standard InChI is InChI=1S/C15H20ClNO/c1-2-17-11-12-8-9-15(14(16)10-12)18-13-6-4-3-5-7-13/h4,6,8-10,13,17H,2-3,5,7,11H2,1H3. The lowest BCUT2D eigenvalue weighted by Crippen LogP contribution is -2.16. The van der Waals surface area contributed by atoms with Gasteiger partial charge in [-0.25, -0.2) is 0 Å². The fourth-order valence-corrected chi connectivity index (χ4v) is 2.31. The van der Waals surface area contributed by atoms with Crippen LogP contribution in [0.2, 0.25) is 5.02 Å². The molecule has 1 unspecified atom stereocenters. The minimum atomic E-state index is 0.177. The first-order valence-corrected chi connectivity index (χ1v) is 7.00. The Bertz CT molecular complexity index is 417. The summed E-state index contributed by atoms with van der Waals surface area (Å²) < 4.78 is 5.91. The molecule has 98 valence electrons. The van der Waals surface area contributed by atoms with Crippen LogP contribution in [0.25, 0.3) is 0 Å². The average molecular weight is 266 g/mol. The SMILES string of the molecule is CCNCc1ccc(OC2C=CCCC2)c(Cl)c1. The number of hydrogen-bond donors (Lipinski definition) is 1. The highest BCUT2D eigenvalue weighted by Gasteiger charge is 2.12. The van der Waals surface area contributed by atoms with Crippen molar-refractivity contribution in [2.75, 3.05) is 6.54 Å². The number of halogens is 1. The predicted octanol–water partition coefficient (Wildman–Crippen LogP) is 3.94. The maximum Gasteiger partial charge on any atom is 0.138 e. The maximum absolute atomic E-state index is 6.25. The van der Waals surface area contributed by atoms with Gasteiger partial charge in [-0.05, 0) is 49.6 Å². The quantitative estimate of drug-likeness (QED) is 0.815. The van der Waals surface area contributed by atoms with Gasteiger partial charge in [0.15, 0.2) is 0 Å². The van der Waals surface area contributed by atoms with Crippen LogP contribution in [0.5, 0.6) is 5.75 Å². The molecule has 0 aromatic heterocycles. The monoisotopic (exact) mass is 265 g/mol. The summed E-state index contributed by atoms with van der Waals surface area (Å²) in [5.41, 5.74) is 1.19. The number of allylic oxidation sites excluding steroid dienone is 1. The van der Waals surface area contributed by atoms with Crippen molar-refractivity contribution in [1.29, 1.82) is 0 Å². The molecule has 1 aliphatic carbocycles. The van der Waals surface area contributed by atoms with Crippen molar-refractivity contribution in [2.24, 2.45) is 0 Å². The molecule has 0 spiro atoms. The molecule has 0 saturated heterocycles. The molecule has 0 saturated carbocycles. The van der Waals surface area contributed by atoms with Crippen molar-refractivity contribution in [3.63, 3.8) is 0 Å². The van der Waals surface area contributed by atoms with Gasteiger partial charge in [0.25, 0.3) is 0 Å². The van der Waals surface area contributed by atoms with Crippen LogP contribution < -0.4 is 10.1 Å². The first kappa shape index (κ1) is 13.4. The van der Waals surface area contributed by atoms with Crippen LogP contribution in [0.3, 0.4) is 0 Å². The lowest BCUT2D eigenvalue weighted by atomic mass is 10.1. The van der Waals surface area contributed by atoms with Crippen molar-refractivity contribution in [3.8, 4) is 5.75 Å². The Kier molecular flexibility index (Phi) is 5.09. The highest BCUT2D eigenvalue weighted by molar-refractivity contribution is 6.32. The summed E-state index contributed by atoms with van der Waals surface area (Å²) in [5.74, 6) is 0.786. The van der Waals surface area contributed by atoms with E-state index in [4.69, 9.17) is 16.3 Å². The maximum atomic E-state index is 6.25. The normalized spacial score (nSPS) is 18.9. The molecule has 2 rings (SSSR count). The van der Waals surface area contributed by atoms with E-state index < -0.39 is 0 Å². The van der Waals surface area contributed by atoms with Gasteiger partial charge < -0.3 is 10.1 Å². The van der Waals surface area contributed by atoms with Crippen molar-refractivity contribution in [3.05, 3.63) is 40.9 Å². The van der Waals surface area contributed by atoms with Crippen molar-refractivity contribution in [1.82, 2.24) is 5.32 Å². The van der Waals surface area contributed by atoms with E-state index in [1.54, 1.807) is 0 Å². The molecule has 0 bridgehead atoms. The third-order valence-corrected chi connectivity index (χ3v) is 3.36. The van der Waals surface area contributed by atoms with Gasteiger partial charge >= 0.3 is 0 Å². The van der Waals surface area contributed by atoms with E-state index in [0.717, 1.165) is 31.7 Å². The molecule has 3 heteroatoms. The second kappa shape index (κ2) is 6.81. The molecule has 0 aliphatic heterocycles. The number of rotatable bonds is 5. The number of benzene rings is 1. The summed E-state index contributed by atoms with van der Waals surface area (Å²) in [7, 11) is 0. The highest BCUT2D eigenvalue weighted by atomic mass is 35.5. The lowest BCUT2D eigenvalue weighted by Gasteiger charge is -2.19. The lowest BCUT2D eigenvalue weighted by molar-refractivity contribution is 0.230. The van der Waals surface area contributed by atoms with Crippen LogP contribution in [-0.2, 0) is 6.54 Å². The molecule has 0 radical (unpaired) electrons. The van der Waals surface area contributed by atoms with E-state index in [0.29, 0.717) is 5.02 Å². The summed E-state index contributed by atoms with van der Waals surface area (Å²) in [4.78, 5) is 0. The van der Waals surface area contributed by atoms with Crippen LogP contribution in [0, 0.1) is 0 Å². The van der Waals surface area contributed by atoms with E-state index in [1.165, 1.54) is 12.0 Å². The topological polar surface area (TPSA) is 21.3 Å². The molecular weight excluding hydrogens is 246 g/mol. The van der Waals surface area contributed by atoms with Crippen molar-refractivity contribution < 1.29 is 4.74 Å². The second-order valence-corrected chi connectivity index (χ2v) is 4.97. The first-order valence-electron chi connectivity index (χ1n) is 6.62.